The molecule has 0 bridgehead atoms. The Hall–Kier alpha value is -3.47. The highest BCUT2D eigenvalue weighted by atomic mass is 16.2. The Morgan fingerprint density at radius 1 is 1.12 bits per heavy atom. The molecule has 1 atom stereocenters. The summed E-state index contributed by atoms with van der Waals surface area (Å²) in [4.78, 5) is 24.7. The lowest BCUT2D eigenvalue weighted by molar-refractivity contribution is -0.120. The lowest BCUT2D eigenvalue weighted by Gasteiger charge is -2.27. The van der Waals surface area contributed by atoms with Gasteiger partial charge in [-0.2, -0.15) is 5.26 Å². The lowest BCUT2D eigenvalue weighted by atomic mass is 10.1. The van der Waals surface area contributed by atoms with E-state index in [1.165, 1.54) is 5.56 Å². The van der Waals surface area contributed by atoms with Crippen LogP contribution < -0.4 is 5.32 Å². The van der Waals surface area contributed by atoms with E-state index in [1.54, 1.807) is 12.5 Å². The second-order valence-corrected chi connectivity index (χ2v) is 8.18. The minimum absolute atomic E-state index is 0.0137. The van der Waals surface area contributed by atoms with Crippen molar-refractivity contribution in [3.05, 3.63) is 72.2 Å². The van der Waals surface area contributed by atoms with Crippen LogP contribution in [-0.4, -0.2) is 57.9 Å². The highest BCUT2D eigenvalue weighted by molar-refractivity contribution is 5.94. The van der Waals surface area contributed by atoms with Crippen molar-refractivity contribution in [1.29, 1.82) is 5.26 Å². The van der Waals surface area contributed by atoms with Crippen LogP contribution in [0.25, 0.3) is 11.3 Å². The van der Waals surface area contributed by atoms with Crippen molar-refractivity contribution >= 4 is 11.6 Å². The van der Waals surface area contributed by atoms with Crippen LogP contribution in [0.3, 0.4) is 0 Å². The zero-order valence-corrected chi connectivity index (χ0v) is 18.3. The average molecular weight is 429 g/mol. The molecule has 3 aromatic rings. The van der Waals surface area contributed by atoms with Gasteiger partial charge >= 0.3 is 0 Å². The Kier molecular flexibility index (Phi) is 6.95. The molecule has 2 heterocycles. The third-order valence-corrected chi connectivity index (χ3v) is 6.00. The number of nitrogens with zero attached hydrogens (tertiary/aromatic N) is 4. The number of amides is 1. The average Bonchev–Trinajstić information content (AvgIpc) is 3.26. The highest BCUT2D eigenvalue weighted by Gasteiger charge is 2.24. The van der Waals surface area contributed by atoms with Gasteiger partial charge in [-0.3, -0.25) is 14.6 Å². The van der Waals surface area contributed by atoms with Crippen LogP contribution in [-0.2, 0) is 11.3 Å². The summed E-state index contributed by atoms with van der Waals surface area (Å²) in [5.74, 6) is 0.0137. The van der Waals surface area contributed by atoms with E-state index in [4.69, 9.17) is 5.26 Å². The van der Waals surface area contributed by atoms with Crippen molar-refractivity contribution < 1.29 is 4.79 Å². The number of anilines is 1. The maximum absolute atomic E-state index is 12.9. The summed E-state index contributed by atoms with van der Waals surface area (Å²) in [6, 6.07) is 17.5. The number of aromatic nitrogens is 2. The highest BCUT2D eigenvalue weighted by Crippen LogP contribution is 2.19. The van der Waals surface area contributed by atoms with Gasteiger partial charge in [0.15, 0.2) is 0 Å². The molecule has 1 saturated heterocycles. The van der Waals surface area contributed by atoms with Crippen LogP contribution in [0.5, 0.6) is 0 Å². The van der Waals surface area contributed by atoms with Gasteiger partial charge in [0, 0.05) is 31.9 Å². The van der Waals surface area contributed by atoms with Gasteiger partial charge in [0.05, 0.1) is 35.9 Å². The van der Waals surface area contributed by atoms with Crippen LogP contribution in [0.15, 0.2) is 61.1 Å². The molecule has 1 unspecified atom stereocenters. The number of imidazole rings is 1. The van der Waals surface area contributed by atoms with E-state index in [0.717, 1.165) is 56.1 Å². The predicted octanol–water partition coefficient (Wildman–Crippen LogP) is 3.48. The van der Waals surface area contributed by atoms with E-state index in [1.807, 2.05) is 55.5 Å². The molecule has 32 heavy (non-hydrogen) atoms. The first-order chi connectivity index (χ1) is 15.6. The van der Waals surface area contributed by atoms with E-state index in [-0.39, 0.29) is 11.9 Å². The second kappa shape index (κ2) is 10.2. The molecule has 0 saturated carbocycles. The quantitative estimate of drug-likeness (QED) is 0.628. The van der Waals surface area contributed by atoms with Gasteiger partial charge in [-0.15, -0.1) is 0 Å². The van der Waals surface area contributed by atoms with Crippen LogP contribution in [0, 0.1) is 11.3 Å². The fraction of sp³-hybridized carbons (Fsp3) is 0.320. The minimum atomic E-state index is -0.197. The standard InChI is InChI=1S/C25H28N6O/c1-19(25(32)29-23-9-7-22(8-10-23)24-16-27-18-28-24)31-12-2-11-30(13-14-31)17-21-5-3-20(15-26)4-6-21/h3-10,16,18-19H,2,11-14,17H2,1H3,(H,27,28)(H,29,32). The van der Waals surface area contributed by atoms with Crippen LogP contribution in [0.1, 0.15) is 24.5 Å². The Morgan fingerprint density at radius 3 is 2.59 bits per heavy atom. The minimum Gasteiger partial charge on any atom is -0.345 e. The number of benzene rings is 2. The monoisotopic (exact) mass is 428 g/mol. The number of carbonyl (C=O) groups is 1. The molecule has 2 aromatic carbocycles. The SMILES string of the molecule is CC(C(=O)Nc1ccc(-c2cnc[nH]2)cc1)N1CCCN(Cc2ccc(C#N)cc2)CC1. The Bertz CT molecular complexity index is 1050. The first-order valence-electron chi connectivity index (χ1n) is 11.0. The van der Waals surface area contributed by atoms with Gasteiger partial charge in [-0.25, -0.2) is 4.98 Å². The van der Waals surface area contributed by atoms with Crippen molar-refractivity contribution in [2.75, 3.05) is 31.5 Å². The third kappa shape index (κ3) is 5.41. The van der Waals surface area contributed by atoms with Crippen molar-refractivity contribution in [3.63, 3.8) is 0 Å². The molecule has 4 rings (SSSR count). The number of H-pyrrole nitrogens is 1. The van der Waals surface area contributed by atoms with Gasteiger partial charge in [-0.05, 0) is 55.3 Å². The molecule has 1 aromatic heterocycles. The number of carbonyl (C=O) groups excluding carboxylic acids is 1. The van der Waals surface area contributed by atoms with Gasteiger partial charge in [0.2, 0.25) is 5.91 Å². The zero-order valence-electron chi connectivity index (χ0n) is 18.3. The van der Waals surface area contributed by atoms with Gasteiger partial charge < -0.3 is 10.3 Å². The third-order valence-electron chi connectivity index (χ3n) is 6.00. The molecular weight excluding hydrogens is 400 g/mol. The first kappa shape index (κ1) is 21.8. The van der Waals surface area contributed by atoms with Crippen molar-refractivity contribution in [2.45, 2.75) is 25.9 Å². The number of nitriles is 1. The maximum atomic E-state index is 12.9. The molecule has 7 heteroatoms. The Morgan fingerprint density at radius 2 is 1.91 bits per heavy atom. The van der Waals surface area contributed by atoms with Crippen LogP contribution in [0.4, 0.5) is 5.69 Å². The maximum Gasteiger partial charge on any atom is 0.241 e. The Balaban J connectivity index is 1.29. The fourth-order valence-corrected chi connectivity index (χ4v) is 4.04. The molecule has 164 valence electrons. The lowest BCUT2D eigenvalue weighted by Crippen LogP contribution is -2.43. The molecule has 1 fully saturated rings. The summed E-state index contributed by atoms with van der Waals surface area (Å²) in [5.41, 5.74) is 4.67. The molecule has 0 aliphatic carbocycles. The number of hydrogen-bond acceptors (Lipinski definition) is 5. The van der Waals surface area contributed by atoms with Crippen LogP contribution >= 0.6 is 0 Å². The molecule has 7 nitrogen and oxygen atoms in total. The number of nitrogens with one attached hydrogen (secondary N) is 2. The van der Waals surface area contributed by atoms with E-state index < -0.39 is 0 Å². The van der Waals surface area contributed by atoms with E-state index in [0.29, 0.717) is 5.56 Å². The summed E-state index contributed by atoms with van der Waals surface area (Å²) in [6.07, 6.45) is 4.45. The van der Waals surface area contributed by atoms with Gasteiger partial charge in [0.25, 0.3) is 0 Å². The summed E-state index contributed by atoms with van der Waals surface area (Å²) in [6.45, 7) is 6.50. The first-order valence-corrected chi connectivity index (χ1v) is 11.0. The molecular formula is C25H28N6O. The van der Waals surface area contributed by atoms with Crippen molar-refractivity contribution in [2.24, 2.45) is 0 Å². The molecule has 0 radical (unpaired) electrons. The van der Waals surface area contributed by atoms with E-state index >= 15 is 0 Å². The summed E-state index contributed by atoms with van der Waals surface area (Å²) < 4.78 is 0. The topological polar surface area (TPSA) is 88.1 Å². The van der Waals surface area contributed by atoms with Crippen LogP contribution in [0.2, 0.25) is 0 Å². The van der Waals surface area contributed by atoms with Gasteiger partial charge in [-0.1, -0.05) is 24.3 Å². The molecule has 1 aliphatic heterocycles. The largest absolute Gasteiger partial charge is 0.345 e. The molecule has 1 aliphatic rings. The van der Waals surface area contributed by atoms with Gasteiger partial charge in [0.1, 0.15) is 0 Å². The second-order valence-electron chi connectivity index (χ2n) is 8.18. The summed E-state index contributed by atoms with van der Waals surface area (Å²) in [7, 11) is 0. The van der Waals surface area contributed by atoms with Crippen molar-refractivity contribution in [1.82, 2.24) is 19.8 Å². The molecule has 1 amide bonds. The van der Waals surface area contributed by atoms with E-state index in [2.05, 4.69) is 31.2 Å². The summed E-state index contributed by atoms with van der Waals surface area (Å²) >= 11 is 0. The Labute approximate surface area is 188 Å². The number of hydrogen-bond donors (Lipinski definition) is 2. The number of rotatable bonds is 6. The number of aromatic amines is 1. The van der Waals surface area contributed by atoms with E-state index in [9.17, 15) is 4.79 Å². The zero-order chi connectivity index (χ0) is 22.3. The predicted molar refractivity (Wildman–Crippen MR) is 125 cm³/mol. The molecule has 2 N–H and O–H groups in total. The fourth-order valence-electron chi connectivity index (χ4n) is 4.04. The molecule has 0 spiro atoms. The smallest absolute Gasteiger partial charge is 0.241 e. The van der Waals surface area contributed by atoms with Crippen molar-refractivity contribution in [3.8, 4) is 17.3 Å². The normalized spacial score (nSPS) is 16.1. The summed E-state index contributed by atoms with van der Waals surface area (Å²) in [5, 5.41) is 12.0.